The summed E-state index contributed by atoms with van der Waals surface area (Å²) in [5.41, 5.74) is 0.614. The van der Waals surface area contributed by atoms with E-state index in [2.05, 4.69) is 15.4 Å². The number of aromatic carboxylic acids is 1. The summed E-state index contributed by atoms with van der Waals surface area (Å²) in [4.78, 5) is 26.5. The Hall–Kier alpha value is -2.70. The van der Waals surface area contributed by atoms with Gasteiger partial charge in [0, 0.05) is 24.0 Å². The first kappa shape index (κ1) is 13.7. The highest BCUT2D eigenvalue weighted by atomic mass is 16.4. The molecule has 2 aromatic heterocycles. The minimum absolute atomic E-state index is 0.171. The zero-order valence-electron chi connectivity index (χ0n) is 11.1. The molecule has 20 heavy (non-hydrogen) atoms. The summed E-state index contributed by atoms with van der Waals surface area (Å²) in [6, 6.07) is 2.87. The van der Waals surface area contributed by atoms with Crippen molar-refractivity contribution in [2.24, 2.45) is 0 Å². The van der Waals surface area contributed by atoms with Gasteiger partial charge in [-0.2, -0.15) is 5.10 Å². The number of aromatic nitrogens is 3. The molecule has 0 radical (unpaired) electrons. The number of carboxylic acid groups (broad SMARTS) is 1. The highest BCUT2D eigenvalue weighted by Gasteiger charge is 2.12. The van der Waals surface area contributed by atoms with Gasteiger partial charge < -0.3 is 10.4 Å². The van der Waals surface area contributed by atoms with E-state index in [0.717, 1.165) is 0 Å². The van der Waals surface area contributed by atoms with E-state index < -0.39 is 11.9 Å². The van der Waals surface area contributed by atoms with Crippen LogP contribution in [-0.2, 0) is 0 Å². The number of carbonyl (C=O) groups excluding carboxylic acids is 1. The molecule has 1 amide bonds. The fourth-order valence-corrected chi connectivity index (χ4v) is 1.58. The maximum Gasteiger partial charge on any atom is 0.354 e. The van der Waals surface area contributed by atoms with E-state index in [1.807, 2.05) is 13.8 Å². The lowest BCUT2D eigenvalue weighted by Gasteiger charge is -2.04. The van der Waals surface area contributed by atoms with Gasteiger partial charge in [0.2, 0.25) is 0 Å². The minimum atomic E-state index is -1.17. The standard InChI is InChI=1S/C13H14N4O3/c1-8(2)17-7-10(6-15-17)16-12(18)9-3-4-14-11(5-9)13(19)20/h3-8H,1-2H3,(H,16,18)(H,19,20). The van der Waals surface area contributed by atoms with E-state index in [9.17, 15) is 9.59 Å². The number of hydrogen-bond donors (Lipinski definition) is 2. The SMILES string of the molecule is CC(C)n1cc(NC(=O)c2ccnc(C(=O)O)c2)cn1. The van der Waals surface area contributed by atoms with Gasteiger partial charge in [0.1, 0.15) is 5.69 Å². The molecule has 7 heteroatoms. The summed E-state index contributed by atoms with van der Waals surface area (Å²) in [5, 5.41) is 15.6. The highest BCUT2D eigenvalue weighted by molar-refractivity contribution is 6.05. The monoisotopic (exact) mass is 274 g/mol. The molecule has 0 aliphatic carbocycles. The summed E-state index contributed by atoms with van der Waals surface area (Å²) in [6.45, 7) is 3.95. The van der Waals surface area contributed by atoms with E-state index in [-0.39, 0.29) is 17.3 Å². The lowest BCUT2D eigenvalue weighted by molar-refractivity contribution is 0.0690. The first-order valence-electron chi connectivity index (χ1n) is 6.02. The van der Waals surface area contributed by atoms with Crippen molar-refractivity contribution in [1.29, 1.82) is 0 Å². The van der Waals surface area contributed by atoms with E-state index in [1.54, 1.807) is 10.9 Å². The topological polar surface area (TPSA) is 97.1 Å². The molecule has 0 spiro atoms. The van der Waals surface area contributed by atoms with Gasteiger partial charge in [-0.3, -0.25) is 9.48 Å². The van der Waals surface area contributed by atoms with Crippen LogP contribution in [0.2, 0.25) is 0 Å². The molecule has 104 valence electrons. The number of hydrogen-bond acceptors (Lipinski definition) is 4. The van der Waals surface area contributed by atoms with Crippen LogP contribution in [0.5, 0.6) is 0 Å². The molecule has 7 nitrogen and oxygen atoms in total. The average Bonchev–Trinajstić information content (AvgIpc) is 2.87. The molecule has 0 aliphatic heterocycles. The van der Waals surface area contributed by atoms with Crippen molar-refractivity contribution >= 4 is 17.6 Å². The normalized spacial score (nSPS) is 10.6. The molecular weight excluding hydrogens is 260 g/mol. The Morgan fingerprint density at radius 2 is 2.15 bits per heavy atom. The lowest BCUT2D eigenvalue weighted by atomic mass is 10.2. The maximum absolute atomic E-state index is 12.0. The molecule has 0 unspecified atom stereocenters. The van der Waals surface area contributed by atoms with Crippen LogP contribution in [0.4, 0.5) is 5.69 Å². The molecular formula is C13H14N4O3. The summed E-state index contributed by atoms with van der Waals surface area (Å²) < 4.78 is 1.71. The maximum atomic E-state index is 12.0. The summed E-state index contributed by atoms with van der Waals surface area (Å²) in [5.74, 6) is -1.58. The van der Waals surface area contributed by atoms with Crippen molar-refractivity contribution in [3.63, 3.8) is 0 Å². The van der Waals surface area contributed by atoms with Gasteiger partial charge in [0.05, 0.1) is 11.9 Å². The van der Waals surface area contributed by atoms with Crippen molar-refractivity contribution in [3.05, 3.63) is 42.0 Å². The molecule has 0 bridgehead atoms. The van der Waals surface area contributed by atoms with Gasteiger partial charge in [-0.25, -0.2) is 9.78 Å². The van der Waals surface area contributed by atoms with Gasteiger partial charge in [-0.1, -0.05) is 0 Å². The molecule has 2 aromatic rings. The van der Waals surface area contributed by atoms with Crippen LogP contribution in [0.25, 0.3) is 0 Å². The van der Waals surface area contributed by atoms with Gasteiger partial charge >= 0.3 is 5.97 Å². The second-order valence-corrected chi connectivity index (χ2v) is 4.49. The van der Waals surface area contributed by atoms with Crippen molar-refractivity contribution < 1.29 is 14.7 Å². The van der Waals surface area contributed by atoms with Crippen LogP contribution in [0.3, 0.4) is 0 Å². The zero-order chi connectivity index (χ0) is 14.7. The Bertz CT molecular complexity index is 649. The molecule has 0 aliphatic rings. The number of nitrogens with zero attached hydrogens (tertiary/aromatic N) is 3. The van der Waals surface area contributed by atoms with Gasteiger partial charge in [0.15, 0.2) is 0 Å². The van der Waals surface area contributed by atoms with E-state index in [4.69, 9.17) is 5.11 Å². The molecule has 0 saturated heterocycles. The predicted octanol–water partition coefficient (Wildman–Crippen LogP) is 1.81. The quantitative estimate of drug-likeness (QED) is 0.886. The zero-order valence-corrected chi connectivity index (χ0v) is 11.1. The van der Waals surface area contributed by atoms with Gasteiger partial charge in [0.25, 0.3) is 5.91 Å². The van der Waals surface area contributed by atoms with Gasteiger partial charge in [-0.05, 0) is 26.0 Å². The average molecular weight is 274 g/mol. The third kappa shape index (κ3) is 3.00. The third-order valence-electron chi connectivity index (χ3n) is 2.63. The molecule has 0 aromatic carbocycles. The minimum Gasteiger partial charge on any atom is -0.477 e. The first-order valence-corrected chi connectivity index (χ1v) is 6.02. The summed E-state index contributed by atoms with van der Waals surface area (Å²) in [6.07, 6.45) is 4.54. The van der Waals surface area contributed by atoms with Crippen molar-refractivity contribution in [3.8, 4) is 0 Å². The Morgan fingerprint density at radius 3 is 2.75 bits per heavy atom. The van der Waals surface area contributed by atoms with E-state index >= 15 is 0 Å². The summed E-state index contributed by atoms with van der Waals surface area (Å²) >= 11 is 0. The smallest absolute Gasteiger partial charge is 0.354 e. The Kier molecular flexibility index (Phi) is 3.79. The van der Waals surface area contributed by atoms with Crippen LogP contribution >= 0.6 is 0 Å². The fraction of sp³-hybridized carbons (Fsp3) is 0.231. The van der Waals surface area contributed by atoms with E-state index in [0.29, 0.717) is 5.69 Å². The second kappa shape index (κ2) is 5.52. The first-order chi connectivity index (χ1) is 9.47. The summed E-state index contributed by atoms with van der Waals surface area (Å²) in [7, 11) is 0. The molecule has 0 fully saturated rings. The number of pyridine rings is 1. The number of anilines is 1. The van der Waals surface area contributed by atoms with Crippen LogP contribution in [0.15, 0.2) is 30.7 Å². The number of rotatable bonds is 4. The van der Waals surface area contributed by atoms with Crippen LogP contribution in [-0.4, -0.2) is 31.7 Å². The predicted molar refractivity (Wildman–Crippen MR) is 71.8 cm³/mol. The molecule has 0 saturated carbocycles. The number of amides is 1. The van der Waals surface area contributed by atoms with Crippen molar-refractivity contribution in [2.45, 2.75) is 19.9 Å². The molecule has 2 N–H and O–H groups in total. The molecule has 2 rings (SSSR count). The largest absolute Gasteiger partial charge is 0.477 e. The van der Waals surface area contributed by atoms with Crippen LogP contribution in [0.1, 0.15) is 40.7 Å². The fourth-order valence-electron chi connectivity index (χ4n) is 1.58. The number of nitrogens with one attached hydrogen (secondary N) is 1. The Labute approximate surface area is 115 Å². The van der Waals surface area contributed by atoms with E-state index in [1.165, 1.54) is 24.5 Å². The van der Waals surface area contributed by atoms with Crippen LogP contribution in [0, 0.1) is 0 Å². The third-order valence-corrected chi connectivity index (χ3v) is 2.63. The van der Waals surface area contributed by atoms with Crippen molar-refractivity contribution in [1.82, 2.24) is 14.8 Å². The molecule has 0 atom stereocenters. The Balaban J connectivity index is 2.15. The van der Waals surface area contributed by atoms with Crippen molar-refractivity contribution in [2.75, 3.05) is 5.32 Å². The number of carboxylic acids is 1. The second-order valence-electron chi connectivity index (χ2n) is 4.49. The molecule has 2 heterocycles. The van der Waals surface area contributed by atoms with Crippen LogP contribution < -0.4 is 5.32 Å². The Morgan fingerprint density at radius 1 is 1.40 bits per heavy atom. The lowest BCUT2D eigenvalue weighted by Crippen LogP contribution is -2.13. The number of carbonyl (C=O) groups is 2. The van der Waals surface area contributed by atoms with Gasteiger partial charge in [-0.15, -0.1) is 0 Å². The highest BCUT2D eigenvalue weighted by Crippen LogP contribution is 2.12.